The first kappa shape index (κ1) is 18.5. The Balaban J connectivity index is 1.87. The number of fused-ring (bicyclic) bond motifs is 1. The fraction of sp³-hybridized carbons (Fsp3) is 0.524. The molecular weight excluding hydrogens is 330 g/mol. The van der Waals surface area contributed by atoms with Crippen molar-refractivity contribution in [3.8, 4) is 5.75 Å². The summed E-state index contributed by atoms with van der Waals surface area (Å²) in [5.74, 6) is 0.814. The van der Waals surface area contributed by atoms with E-state index in [2.05, 4.69) is 0 Å². The summed E-state index contributed by atoms with van der Waals surface area (Å²) in [5, 5.41) is 0. The zero-order valence-electron chi connectivity index (χ0n) is 16.0. The molecule has 0 N–H and O–H groups in total. The van der Waals surface area contributed by atoms with Gasteiger partial charge in [0.05, 0.1) is 12.7 Å². The molecule has 0 aromatic heterocycles. The maximum Gasteiger partial charge on any atom is 0.336 e. The Morgan fingerprint density at radius 3 is 2.50 bits per heavy atom. The van der Waals surface area contributed by atoms with Crippen molar-refractivity contribution in [2.24, 2.45) is 5.92 Å². The van der Waals surface area contributed by atoms with E-state index >= 15 is 0 Å². The highest BCUT2D eigenvalue weighted by Gasteiger charge is 2.40. The normalized spacial score (nSPS) is 20.2. The van der Waals surface area contributed by atoms with Gasteiger partial charge in [-0.1, -0.05) is 12.1 Å². The smallest absolute Gasteiger partial charge is 0.336 e. The first-order chi connectivity index (χ1) is 12.3. The predicted octanol–water partition coefficient (Wildman–Crippen LogP) is 3.48. The number of carbonyl (C=O) groups excluding carboxylic acids is 2. The van der Waals surface area contributed by atoms with Gasteiger partial charge in [-0.05, 0) is 57.7 Å². The Morgan fingerprint density at radius 1 is 1.19 bits per heavy atom. The van der Waals surface area contributed by atoms with Gasteiger partial charge in [-0.15, -0.1) is 0 Å². The second kappa shape index (κ2) is 7.14. The van der Waals surface area contributed by atoms with Gasteiger partial charge in [0.15, 0.2) is 0 Å². The highest BCUT2D eigenvalue weighted by molar-refractivity contribution is 5.94. The number of benzene rings is 1. The number of rotatable bonds is 4. The van der Waals surface area contributed by atoms with Crippen molar-refractivity contribution in [2.45, 2.75) is 52.1 Å². The Kier molecular flexibility index (Phi) is 5.08. The van der Waals surface area contributed by atoms with Gasteiger partial charge < -0.3 is 14.4 Å². The summed E-state index contributed by atoms with van der Waals surface area (Å²) in [5.41, 5.74) is 2.19. The van der Waals surface area contributed by atoms with E-state index in [4.69, 9.17) is 9.47 Å². The predicted molar refractivity (Wildman–Crippen MR) is 98.6 cm³/mol. The molecule has 0 bridgehead atoms. The molecule has 1 saturated heterocycles. The van der Waals surface area contributed by atoms with Crippen molar-refractivity contribution < 1.29 is 19.1 Å². The van der Waals surface area contributed by atoms with Gasteiger partial charge in [0, 0.05) is 24.6 Å². The molecule has 1 amide bonds. The number of ether oxygens (including phenoxy) is 2. The standard InChI is InChI=1S/C21H27NO4/c1-21(2,3)26-20(24)17-9-10-18(23)22-12-11-15(19(17)22)13-14-5-7-16(25-4)8-6-14/h5-8,15H,9-13H2,1-4H3. The number of amides is 1. The third-order valence-corrected chi connectivity index (χ3v) is 4.86. The molecule has 3 rings (SSSR count). The second-order valence-electron chi connectivity index (χ2n) is 7.95. The Bertz CT molecular complexity index is 727. The SMILES string of the molecule is COc1ccc(CC2CCN3C(=O)CCC(C(=O)OC(C)(C)C)=C23)cc1. The molecule has 140 valence electrons. The maximum atomic E-state index is 12.7. The minimum Gasteiger partial charge on any atom is -0.497 e. The van der Waals surface area contributed by atoms with E-state index in [0.717, 1.165) is 24.3 Å². The molecule has 1 atom stereocenters. The van der Waals surface area contributed by atoms with Crippen LogP contribution in [0, 0.1) is 5.92 Å². The minimum absolute atomic E-state index is 0.115. The van der Waals surface area contributed by atoms with Crippen LogP contribution in [0.15, 0.2) is 35.5 Å². The molecule has 2 aliphatic heterocycles. The summed E-state index contributed by atoms with van der Waals surface area (Å²) in [6.45, 7) is 6.28. The van der Waals surface area contributed by atoms with Crippen LogP contribution in [0.1, 0.15) is 45.6 Å². The van der Waals surface area contributed by atoms with Gasteiger partial charge in [-0.2, -0.15) is 0 Å². The molecule has 0 saturated carbocycles. The van der Waals surface area contributed by atoms with E-state index < -0.39 is 5.60 Å². The zero-order valence-corrected chi connectivity index (χ0v) is 16.0. The van der Waals surface area contributed by atoms with E-state index in [1.54, 1.807) is 12.0 Å². The summed E-state index contributed by atoms with van der Waals surface area (Å²) in [7, 11) is 1.65. The summed E-state index contributed by atoms with van der Waals surface area (Å²) >= 11 is 0. The lowest BCUT2D eigenvalue weighted by Crippen LogP contribution is -2.35. The van der Waals surface area contributed by atoms with E-state index in [0.29, 0.717) is 25.0 Å². The third kappa shape index (κ3) is 3.92. The lowest BCUT2D eigenvalue weighted by Gasteiger charge is -2.30. The molecule has 1 aromatic carbocycles. The number of methoxy groups -OCH3 is 1. The summed E-state index contributed by atoms with van der Waals surface area (Å²) in [6.07, 6.45) is 2.53. The number of nitrogens with zero attached hydrogens (tertiary/aromatic N) is 1. The largest absolute Gasteiger partial charge is 0.497 e. The van der Waals surface area contributed by atoms with Gasteiger partial charge >= 0.3 is 5.97 Å². The first-order valence-electron chi connectivity index (χ1n) is 9.18. The summed E-state index contributed by atoms with van der Waals surface area (Å²) < 4.78 is 10.8. The average molecular weight is 357 g/mol. The third-order valence-electron chi connectivity index (χ3n) is 4.86. The number of hydrogen-bond acceptors (Lipinski definition) is 4. The molecule has 2 aliphatic rings. The highest BCUT2D eigenvalue weighted by Crippen LogP contribution is 2.39. The van der Waals surface area contributed by atoms with Gasteiger partial charge in [-0.3, -0.25) is 4.79 Å². The quantitative estimate of drug-likeness (QED) is 0.774. The monoisotopic (exact) mass is 357 g/mol. The first-order valence-corrected chi connectivity index (χ1v) is 9.18. The molecule has 26 heavy (non-hydrogen) atoms. The van der Waals surface area contributed by atoms with E-state index in [-0.39, 0.29) is 17.8 Å². The zero-order chi connectivity index (χ0) is 18.9. The minimum atomic E-state index is -0.541. The van der Waals surface area contributed by atoms with Crippen molar-refractivity contribution >= 4 is 11.9 Å². The summed E-state index contributed by atoms with van der Waals surface area (Å²) in [4.78, 5) is 26.8. The Morgan fingerprint density at radius 2 is 1.88 bits per heavy atom. The van der Waals surface area contributed by atoms with Crippen LogP contribution < -0.4 is 4.74 Å². The van der Waals surface area contributed by atoms with Crippen LogP contribution in [-0.2, 0) is 20.7 Å². The van der Waals surface area contributed by atoms with Crippen molar-refractivity contribution in [1.29, 1.82) is 0 Å². The number of hydrogen-bond donors (Lipinski definition) is 0. The molecule has 0 aliphatic carbocycles. The van der Waals surface area contributed by atoms with E-state index in [1.807, 2.05) is 45.0 Å². The van der Waals surface area contributed by atoms with E-state index in [1.165, 1.54) is 5.56 Å². The van der Waals surface area contributed by atoms with Crippen LogP contribution in [0.4, 0.5) is 0 Å². The molecule has 2 heterocycles. The van der Waals surface area contributed by atoms with Crippen LogP contribution in [-0.4, -0.2) is 36.0 Å². The average Bonchev–Trinajstić information content (AvgIpc) is 2.99. The van der Waals surface area contributed by atoms with Gasteiger partial charge in [0.2, 0.25) is 5.91 Å². The number of esters is 1. The van der Waals surface area contributed by atoms with Crippen molar-refractivity contribution in [1.82, 2.24) is 4.90 Å². The van der Waals surface area contributed by atoms with Crippen molar-refractivity contribution in [3.05, 3.63) is 41.1 Å². The van der Waals surface area contributed by atoms with Crippen LogP contribution in [0.3, 0.4) is 0 Å². The van der Waals surface area contributed by atoms with Crippen molar-refractivity contribution in [3.63, 3.8) is 0 Å². The molecule has 0 spiro atoms. The molecular formula is C21H27NO4. The van der Waals surface area contributed by atoms with Crippen LogP contribution in [0.2, 0.25) is 0 Å². The van der Waals surface area contributed by atoms with Crippen LogP contribution >= 0.6 is 0 Å². The van der Waals surface area contributed by atoms with Crippen LogP contribution in [0.5, 0.6) is 5.75 Å². The number of allylic oxidation sites excluding steroid dienone is 1. The fourth-order valence-electron chi connectivity index (χ4n) is 3.72. The fourth-order valence-corrected chi connectivity index (χ4v) is 3.72. The molecule has 5 nitrogen and oxygen atoms in total. The second-order valence-corrected chi connectivity index (χ2v) is 7.95. The van der Waals surface area contributed by atoms with Gasteiger partial charge in [-0.25, -0.2) is 4.79 Å². The number of carbonyl (C=O) groups is 2. The van der Waals surface area contributed by atoms with E-state index in [9.17, 15) is 9.59 Å². The molecule has 5 heteroatoms. The summed E-state index contributed by atoms with van der Waals surface area (Å²) in [6, 6.07) is 7.97. The Hall–Kier alpha value is -2.30. The Labute approximate surface area is 155 Å². The topological polar surface area (TPSA) is 55.8 Å². The molecule has 0 radical (unpaired) electrons. The lowest BCUT2D eigenvalue weighted by atomic mass is 9.90. The van der Waals surface area contributed by atoms with Crippen LogP contribution in [0.25, 0.3) is 0 Å². The van der Waals surface area contributed by atoms with Crippen molar-refractivity contribution in [2.75, 3.05) is 13.7 Å². The highest BCUT2D eigenvalue weighted by atomic mass is 16.6. The van der Waals surface area contributed by atoms with Gasteiger partial charge in [0.25, 0.3) is 0 Å². The maximum absolute atomic E-state index is 12.7. The van der Waals surface area contributed by atoms with Gasteiger partial charge in [0.1, 0.15) is 11.4 Å². The molecule has 1 fully saturated rings. The molecule has 1 aromatic rings. The lowest BCUT2D eigenvalue weighted by molar-refractivity contribution is -0.150. The molecule has 1 unspecified atom stereocenters.